The van der Waals surface area contributed by atoms with Gasteiger partial charge in [-0.15, -0.1) is 0 Å². The number of nitrogens with two attached hydrogens (primary N) is 1. The maximum absolute atomic E-state index is 13.0. The van der Waals surface area contributed by atoms with E-state index in [0.29, 0.717) is 17.6 Å². The van der Waals surface area contributed by atoms with Crippen molar-refractivity contribution in [1.29, 1.82) is 0 Å². The monoisotopic (exact) mass is 441 g/mol. The molecule has 0 radical (unpaired) electrons. The number of benzene rings is 2. The molecule has 7 nitrogen and oxygen atoms in total. The minimum Gasteiger partial charge on any atom is -0.493 e. The van der Waals surface area contributed by atoms with Crippen molar-refractivity contribution in [1.82, 2.24) is 0 Å². The second-order valence-electron chi connectivity index (χ2n) is 6.55. The van der Waals surface area contributed by atoms with E-state index in [0.717, 1.165) is 18.2 Å². The lowest BCUT2D eigenvalue weighted by Gasteiger charge is -2.18. The summed E-state index contributed by atoms with van der Waals surface area (Å²) >= 11 is 0. The Morgan fingerprint density at radius 3 is 2.45 bits per heavy atom. The van der Waals surface area contributed by atoms with Gasteiger partial charge in [0, 0.05) is 18.1 Å². The highest BCUT2D eigenvalue weighted by Gasteiger charge is 2.31. The van der Waals surface area contributed by atoms with E-state index in [1.54, 1.807) is 13.0 Å². The number of aliphatic hydroxyl groups excluding tert-OH is 1. The Balaban J connectivity index is 2.34. The first-order chi connectivity index (χ1) is 14.5. The van der Waals surface area contributed by atoms with Gasteiger partial charge in [-0.1, -0.05) is 6.07 Å². The zero-order valence-corrected chi connectivity index (χ0v) is 16.8. The van der Waals surface area contributed by atoms with E-state index in [1.807, 2.05) is 0 Å². The third-order valence-electron chi connectivity index (χ3n) is 4.19. The molecule has 0 saturated carbocycles. The summed E-state index contributed by atoms with van der Waals surface area (Å²) < 4.78 is 54.9. The van der Waals surface area contributed by atoms with E-state index in [2.05, 4.69) is 0 Å². The maximum Gasteiger partial charge on any atom is 0.416 e. The molecule has 2 aromatic rings. The lowest BCUT2D eigenvalue weighted by Crippen LogP contribution is -2.26. The van der Waals surface area contributed by atoms with Crippen LogP contribution in [0.25, 0.3) is 0 Å². The van der Waals surface area contributed by atoms with Crippen molar-refractivity contribution >= 4 is 12.4 Å². The highest BCUT2D eigenvalue weighted by atomic mass is 19.4. The molecule has 168 valence electrons. The molecule has 0 bridgehead atoms. The van der Waals surface area contributed by atoms with E-state index < -0.39 is 30.0 Å². The highest BCUT2D eigenvalue weighted by Crippen LogP contribution is 2.37. The molecular formula is C21H22F3NO6. The highest BCUT2D eigenvalue weighted by molar-refractivity contribution is 5.69. The van der Waals surface area contributed by atoms with Crippen molar-refractivity contribution in [2.75, 3.05) is 6.61 Å². The third-order valence-corrected chi connectivity index (χ3v) is 4.19. The summed E-state index contributed by atoms with van der Waals surface area (Å²) in [6.45, 7) is 3.34. The third kappa shape index (κ3) is 6.61. The number of aldehydes is 1. The lowest BCUT2D eigenvalue weighted by molar-refractivity contribution is -0.137. The first kappa shape index (κ1) is 24.0. The molecule has 2 aromatic carbocycles. The molecule has 0 spiro atoms. The summed E-state index contributed by atoms with van der Waals surface area (Å²) in [7, 11) is 0. The molecule has 2 unspecified atom stereocenters. The number of rotatable bonds is 9. The predicted molar refractivity (Wildman–Crippen MR) is 104 cm³/mol. The zero-order chi connectivity index (χ0) is 23.2. The summed E-state index contributed by atoms with van der Waals surface area (Å²) in [5.41, 5.74) is 4.53. The lowest BCUT2D eigenvalue weighted by atomic mass is 10.0. The number of carbonyl (C=O) groups excluding carboxylic acids is 2. The van der Waals surface area contributed by atoms with Crippen LogP contribution in [-0.4, -0.2) is 30.2 Å². The van der Waals surface area contributed by atoms with Crippen molar-refractivity contribution in [3.8, 4) is 17.2 Å². The molecule has 3 N–H and O–H groups in total. The van der Waals surface area contributed by atoms with Gasteiger partial charge < -0.3 is 25.1 Å². The van der Waals surface area contributed by atoms with Gasteiger partial charge in [0.1, 0.15) is 17.2 Å². The van der Waals surface area contributed by atoms with Gasteiger partial charge in [-0.05, 0) is 43.7 Å². The molecule has 1 amide bonds. The molecule has 0 aromatic heterocycles. The van der Waals surface area contributed by atoms with E-state index >= 15 is 0 Å². The SMILES string of the molecule is CCOc1cc(Oc2ccc(C(F)(F)F)cc2C(C)O)ccc1CC(C=O)OC(N)=O. The Kier molecular flexibility index (Phi) is 7.87. The molecule has 0 aliphatic heterocycles. The quantitative estimate of drug-likeness (QED) is 0.566. The molecule has 0 fully saturated rings. The topological polar surface area (TPSA) is 108 Å². The fraction of sp³-hybridized carbons (Fsp3) is 0.333. The number of primary amides is 1. The second kappa shape index (κ2) is 10.2. The molecule has 10 heteroatoms. The van der Waals surface area contributed by atoms with Crippen molar-refractivity contribution in [2.45, 2.75) is 38.7 Å². The van der Waals surface area contributed by atoms with Gasteiger partial charge in [-0.25, -0.2) is 4.79 Å². The molecular weight excluding hydrogens is 419 g/mol. The average Bonchev–Trinajstić information content (AvgIpc) is 2.68. The second-order valence-corrected chi connectivity index (χ2v) is 6.55. The van der Waals surface area contributed by atoms with Gasteiger partial charge >= 0.3 is 12.3 Å². The number of ether oxygens (including phenoxy) is 3. The van der Waals surface area contributed by atoms with Gasteiger partial charge in [-0.2, -0.15) is 13.2 Å². The number of hydrogen-bond donors (Lipinski definition) is 2. The maximum atomic E-state index is 13.0. The predicted octanol–water partition coefficient (Wildman–Crippen LogP) is 4.16. The molecule has 2 rings (SSSR count). The zero-order valence-electron chi connectivity index (χ0n) is 16.8. The molecule has 2 atom stereocenters. The Morgan fingerprint density at radius 1 is 1.19 bits per heavy atom. The normalized spacial score (nSPS) is 13.2. The largest absolute Gasteiger partial charge is 0.493 e. The van der Waals surface area contributed by atoms with Crippen LogP contribution < -0.4 is 15.2 Å². The van der Waals surface area contributed by atoms with E-state index in [-0.39, 0.29) is 30.1 Å². The first-order valence-electron chi connectivity index (χ1n) is 9.29. The van der Waals surface area contributed by atoms with Gasteiger partial charge in [-0.3, -0.25) is 4.79 Å². The van der Waals surface area contributed by atoms with E-state index in [9.17, 15) is 27.9 Å². The van der Waals surface area contributed by atoms with Gasteiger partial charge in [0.05, 0.1) is 18.3 Å². The summed E-state index contributed by atoms with van der Waals surface area (Å²) in [6.07, 6.45) is -7.54. The average molecular weight is 441 g/mol. The molecule has 0 heterocycles. The van der Waals surface area contributed by atoms with Gasteiger partial charge in [0.2, 0.25) is 0 Å². The minimum absolute atomic E-state index is 0.00125. The number of amides is 1. The van der Waals surface area contributed by atoms with Crippen LogP contribution in [0.1, 0.15) is 36.6 Å². The number of alkyl halides is 3. The van der Waals surface area contributed by atoms with Crippen LogP contribution in [0.3, 0.4) is 0 Å². The molecule has 0 aliphatic rings. The number of aliphatic hydroxyl groups is 1. The van der Waals surface area contributed by atoms with Crippen LogP contribution in [0.4, 0.5) is 18.0 Å². The van der Waals surface area contributed by atoms with Crippen molar-refractivity contribution in [3.63, 3.8) is 0 Å². The number of halogens is 3. The van der Waals surface area contributed by atoms with Crippen LogP contribution in [0.5, 0.6) is 17.2 Å². The van der Waals surface area contributed by atoms with Crippen LogP contribution >= 0.6 is 0 Å². The van der Waals surface area contributed by atoms with Crippen LogP contribution in [-0.2, 0) is 22.1 Å². The number of carbonyl (C=O) groups is 2. The molecule has 31 heavy (non-hydrogen) atoms. The van der Waals surface area contributed by atoms with Crippen molar-refractivity contribution in [3.05, 3.63) is 53.1 Å². The summed E-state index contributed by atoms with van der Waals surface area (Å²) in [5, 5.41) is 9.90. The summed E-state index contributed by atoms with van der Waals surface area (Å²) in [5.74, 6) is 0.596. The van der Waals surface area contributed by atoms with Crippen LogP contribution in [0.2, 0.25) is 0 Å². The van der Waals surface area contributed by atoms with Crippen molar-refractivity contribution in [2.24, 2.45) is 5.73 Å². The Labute approximate surface area is 176 Å². The summed E-state index contributed by atoms with van der Waals surface area (Å²) in [4.78, 5) is 22.0. The summed E-state index contributed by atoms with van der Waals surface area (Å²) in [6, 6.07) is 7.36. The number of hydrogen-bond acceptors (Lipinski definition) is 6. The Bertz CT molecular complexity index is 930. The molecule has 0 saturated heterocycles. The standard InChI is InChI=1S/C21H22F3NO6/c1-3-29-19-10-15(6-4-13(19)8-16(11-26)31-20(25)28)30-18-7-5-14(21(22,23)24)9-17(18)12(2)27/h4-7,9-12,16,27H,3,8H2,1-2H3,(H2,25,28). The van der Waals surface area contributed by atoms with Gasteiger partial charge in [0.25, 0.3) is 0 Å². The van der Waals surface area contributed by atoms with Crippen LogP contribution in [0.15, 0.2) is 36.4 Å². The first-order valence-corrected chi connectivity index (χ1v) is 9.29. The fourth-order valence-corrected chi connectivity index (χ4v) is 2.81. The fourth-order valence-electron chi connectivity index (χ4n) is 2.81. The van der Waals surface area contributed by atoms with Crippen LogP contribution in [0, 0.1) is 0 Å². The Hall–Kier alpha value is -3.27. The Morgan fingerprint density at radius 2 is 1.90 bits per heavy atom. The minimum atomic E-state index is -4.56. The smallest absolute Gasteiger partial charge is 0.416 e. The van der Waals surface area contributed by atoms with E-state index in [4.69, 9.17) is 19.9 Å². The van der Waals surface area contributed by atoms with Gasteiger partial charge in [0.15, 0.2) is 12.4 Å². The van der Waals surface area contributed by atoms with E-state index in [1.165, 1.54) is 19.1 Å². The van der Waals surface area contributed by atoms with Crippen molar-refractivity contribution < 1.29 is 42.1 Å². The molecule has 0 aliphatic carbocycles.